The van der Waals surface area contributed by atoms with Crippen LogP contribution >= 0.6 is 0 Å². The lowest BCUT2D eigenvalue weighted by atomic mass is 9.95. The Bertz CT molecular complexity index is 983. The summed E-state index contributed by atoms with van der Waals surface area (Å²) in [6.45, 7) is 2.63. The first-order valence-electron chi connectivity index (χ1n) is 9.97. The summed E-state index contributed by atoms with van der Waals surface area (Å²) in [4.78, 5) is 26.4. The van der Waals surface area contributed by atoms with Crippen molar-refractivity contribution in [3.63, 3.8) is 0 Å². The maximum absolute atomic E-state index is 13.2. The number of nitrogens with zero attached hydrogens (tertiary/aromatic N) is 1. The van der Waals surface area contributed by atoms with Crippen molar-refractivity contribution < 1.29 is 18.0 Å². The van der Waals surface area contributed by atoms with Crippen LogP contribution in [-0.2, 0) is 26.0 Å². The number of sulfonamides is 1. The Morgan fingerprint density at radius 1 is 1.07 bits per heavy atom. The predicted octanol–water partition coefficient (Wildman–Crippen LogP) is 1.61. The number of rotatable bonds is 7. The highest BCUT2D eigenvalue weighted by Crippen LogP contribution is 2.19. The standard InChI is InChI=1S/C22H27N3O4S/c1-16-7-9-19(10-8-16)30(28,29)24-20(15-17-5-3-2-4-6-17)22(27)25-13-11-18(12-14-25)21(23)26/h2-10,18,20,24H,11-15H2,1H3,(H2,23,26)/t20-/m0/s1. The van der Waals surface area contributed by atoms with E-state index in [1.807, 2.05) is 37.3 Å². The molecule has 0 spiro atoms. The zero-order chi connectivity index (χ0) is 21.7. The maximum atomic E-state index is 13.2. The number of hydrogen-bond acceptors (Lipinski definition) is 4. The molecule has 2 aromatic rings. The van der Waals surface area contributed by atoms with Crippen molar-refractivity contribution in [2.45, 2.75) is 37.1 Å². The van der Waals surface area contributed by atoms with Gasteiger partial charge in [-0.1, -0.05) is 48.0 Å². The van der Waals surface area contributed by atoms with Gasteiger partial charge in [0.2, 0.25) is 21.8 Å². The summed E-state index contributed by atoms with van der Waals surface area (Å²) >= 11 is 0. The number of nitrogens with two attached hydrogens (primary N) is 1. The highest BCUT2D eigenvalue weighted by Gasteiger charge is 2.32. The van der Waals surface area contributed by atoms with E-state index in [0.29, 0.717) is 25.9 Å². The average molecular weight is 430 g/mol. The monoisotopic (exact) mass is 429 g/mol. The van der Waals surface area contributed by atoms with Gasteiger partial charge >= 0.3 is 0 Å². The minimum absolute atomic E-state index is 0.117. The molecule has 8 heteroatoms. The van der Waals surface area contributed by atoms with Gasteiger partial charge in [-0.05, 0) is 43.9 Å². The Kier molecular flexibility index (Phi) is 6.89. The fourth-order valence-electron chi connectivity index (χ4n) is 3.61. The molecule has 1 atom stereocenters. The van der Waals surface area contributed by atoms with Gasteiger partial charge in [0, 0.05) is 19.0 Å². The van der Waals surface area contributed by atoms with Crippen molar-refractivity contribution in [1.82, 2.24) is 9.62 Å². The fraction of sp³-hybridized carbons (Fsp3) is 0.364. The average Bonchev–Trinajstić information content (AvgIpc) is 2.74. The van der Waals surface area contributed by atoms with Crippen LogP contribution < -0.4 is 10.5 Å². The van der Waals surface area contributed by atoms with E-state index in [1.165, 1.54) is 12.1 Å². The molecule has 1 aliphatic heterocycles. The Balaban J connectivity index is 1.80. The van der Waals surface area contributed by atoms with E-state index in [-0.39, 0.29) is 29.0 Å². The van der Waals surface area contributed by atoms with E-state index < -0.39 is 16.1 Å². The van der Waals surface area contributed by atoms with Crippen molar-refractivity contribution in [3.8, 4) is 0 Å². The summed E-state index contributed by atoms with van der Waals surface area (Å²) in [6.07, 6.45) is 1.22. The van der Waals surface area contributed by atoms with E-state index in [0.717, 1.165) is 11.1 Å². The zero-order valence-corrected chi connectivity index (χ0v) is 17.8. The Labute approximate surface area is 177 Å². The molecule has 1 fully saturated rings. The fourth-order valence-corrected chi connectivity index (χ4v) is 4.80. The summed E-state index contributed by atoms with van der Waals surface area (Å²) in [6, 6.07) is 14.8. The predicted molar refractivity (Wildman–Crippen MR) is 114 cm³/mol. The third-order valence-electron chi connectivity index (χ3n) is 5.42. The Morgan fingerprint density at radius 3 is 2.23 bits per heavy atom. The Hall–Kier alpha value is -2.71. The van der Waals surface area contributed by atoms with Gasteiger partial charge in [0.1, 0.15) is 6.04 Å². The van der Waals surface area contributed by atoms with E-state index in [4.69, 9.17) is 5.73 Å². The molecule has 1 aliphatic rings. The van der Waals surface area contributed by atoms with Gasteiger partial charge in [-0.15, -0.1) is 0 Å². The summed E-state index contributed by atoms with van der Waals surface area (Å²) < 4.78 is 28.5. The molecule has 1 saturated heterocycles. The van der Waals surface area contributed by atoms with Crippen LogP contribution in [0, 0.1) is 12.8 Å². The van der Waals surface area contributed by atoms with Crippen molar-refractivity contribution >= 4 is 21.8 Å². The second-order valence-corrected chi connectivity index (χ2v) is 9.39. The molecule has 3 N–H and O–H groups in total. The molecule has 160 valence electrons. The minimum Gasteiger partial charge on any atom is -0.369 e. The molecule has 3 rings (SSSR count). The van der Waals surface area contributed by atoms with Crippen LogP contribution in [0.3, 0.4) is 0 Å². The number of likely N-dealkylation sites (tertiary alicyclic amines) is 1. The molecule has 7 nitrogen and oxygen atoms in total. The number of carbonyl (C=O) groups is 2. The number of carbonyl (C=O) groups excluding carboxylic acids is 2. The Morgan fingerprint density at radius 2 is 1.67 bits per heavy atom. The summed E-state index contributed by atoms with van der Waals surface area (Å²) in [5, 5.41) is 0. The van der Waals surface area contributed by atoms with E-state index in [9.17, 15) is 18.0 Å². The molecule has 0 aliphatic carbocycles. The normalized spacial score (nSPS) is 16.2. The quantitative estimate of drug-likeness (QED) is 0.697. The third-order valence-corrected chi connectivity index (χ3v) is 6.91. The van der Waals surface area contributed by atoms with Crippen LogP contribution in [0.1, 0.15) is 24.0 Å². The molecular formula is C22H27N3O4S. The first kappa shape index (κ1) is 22.0. The van der Waals surface area contributed by atoms with E-state index in [1.54, 1.807) is 17.0 Å². The van der Waals surface area contributed by atoms with Gasteiger partial charge in [-0.2, -0.15) is 4.72 Å². The zero-order valence-electron chi connectivity index (χ0n) is 17.0. The minimum atomic E-state index is -3.88. The number of amides is 2. The summed E-state index contributed by atoms with van der Waals surface area (Å²) in [5.41, 5.74) is 7.18. The second-order valence-electron chi connectivity index (χ2n) is 7.68. The van der Waals surface area contributed by atoms with Crippen molar-refractivity contribution in [1.29, 1.82) is 0 Å². The number of nitrogens with one attached hydrogen (secondary N) is 1. The molecule has 0 unspecified atom stereocenters. The van der Waals surface area contributed by atoms with Crippen LogP contribution in [0.25, 0.3) is 0 Å². The molecule has 30 heavy (non-hydrogen) atoms. The van der Waals surface area contributed by atoms with Crippen molar-refractivity contribution in [2.24, 2.45) is 11.7 Å². The van der Waals surface area contributed by atoms with Gasteiger partial charge in [0.05, 0.1) is 4.90 Å². The van der Waals surface area contributed by atoms with E-state index in [2.05, 4.69) is 4.72 Å². The highest BCUT2D eigenvalue weighted by atomic mass is 32.2. The lowest BCUT2D eigenvalue weighted by molar-refractivity contribution is -0.136. The van der Waals surface area contributed by atoms with E-state index >= 15 is 0 Å². The first-order chi connectivity index (χ1) is 14.3. The number of aryl methyl sites for hydroxylation is 1. The molecule has 0 bridgehead atoms. The maximum Gasteiger partial charge on any atom is 0.241 e. The molecule has 0 radical (unpaired) electrons. The van der Waals surface area contributed by atoms with Crippen LogP contribution in [0.15, 0.2) is 59.5 Å². The molecule has 1 heterocycles. The smallest absolute Gasteiger partial charge is 0.241 e. The third kappa shape index (κ3) is 5.46. The topological polar surface area (TPSA) is 110 Å². The SMILES string of the molecule is Cc1ccc(S(=O)(=O)N[C@@H](Cc2ccccc2)C(=O)N2CCC(C(N)=O)CC2)cc1. The van der Waals surface area contributed by atoms with Gasteiger partial charge in [-0.25, -0.2) is 8.42 Å². The van der Waals surface area contributed by atoms with Crippen LogP contribution in [0.2, 0.25) is 0 Å². The lowest BCUT2D eigenvalue weighted by Gasteiger charge is -2.33. The number of primary amides is 1. The molecule has 0 aromatic heterocycles. The summed E-state index contributed by atoms with van der Waals surface area (Å²) in [7, 11) is -3.88. The van der Waals surface area contributed by atoms with Gasteiger partial charge in [0.15, 0.2) is 0 Å². The van der Waals surface area contributed by atoms with Gasteiger partial charge in [-0.3, -0.25) is 9.59 Å². The largest absolute Gasteiger partial charge is 0.369 e. The van der Waals surface area contributed by atoms with Crippen molar-refractivity contribution in [2.75, 3.05) is 13.1 Å². The molecule has 0 saturated carbocycles. The molecular weight excluding hydrogens is 402 g/mol. The van der Waals surface area contributed by atoms with Gasteiger partial charge < -0.3 is 10.6 Å². The molecule has 2 amide bonds. The number of hydrogen-bond donors (Lipinski definition) is 2. The lowest BCUT2D eigenvalue weighted by Crippen LogP contribution is -2.52. The number of benzene rings is 2. The number of piperidine rings is 1. The van der Waals surface area contributed by atoms with Crippen molar-refractivity contribution in [3.05, 3.63) is 65.7 Å². The van der Waals surface area contributed by atoms with Crippen LogP contribution in [0.5, 0.6) is 0 Å². The van der Waals surface area contributed by atoms with Gasteiger partial charge in [0.25, 0.3) is 0 Å². The van der Waals surface area contributed by atoms with Crippen LogP contribution in [0.4, 0.5) is 0 Å². The summed E-state index contributed by atoms with van der Waals surface area (Å²) in [5.74, 6) is -0.897. The van der Waals surface area contributed by atoms with Crippen LogP contribution in [-0.4, -0.2) is 44.3 Å². The molecule has 2 aromatic carbocycles. The highest BCUT2D eigenvalue weighted by molar-refractivity contribution is 7.89. The first-order valence-corrected chi connectivity index (χ1v) is 11.5. The second kappa shape index (κ2) is 9.40.